The summed E-state index contributed by atoms with van der Waals surface area (Å²) in [6.07, 6.45) is 3.34. The van der Waals surface area contributed by atoms with Gasteiger partial charge in [-0.05, 0) is 49.1 Å². The van der Waals surface area contributed by atoms with Crippen molar-refractivity contribution in [2.45, 2.75) is 32.2 Å². The lowest BCUT2D eigenvalue weighted by Crippen LogP contribution is -2.22. The van der Waals surface area contributed by atoms with E-state index in [4.69, 9.17) is 4.74 Å². The molecular weight excluding hydrogens is 258 g/mol. The SMILES string of the molecule is CCCNC(CCc1ccc(OC)cc1)c1ccccc1. The number of ether oxygens (including phenoxy) is 1. The first-order valence-corrected chi connectivity index (χ1v) is 7.74. The van der Waals surface area contributed by atoms with Crippen LogP contribution >= 0.6 is 0 Å². The molecule has 112 valence electrons. The quantitative estimate of drug-likeness (QED) is 0.777. The molecule has 1 atom stereocenters. The van der Waals surface area contributed by atoms with Gasteiger partial charge >= 0.3 is 0 Å². The summed E-state index contributed by atoms with van der Waals surface area (Å²) in [6, 6.07) is 19.5. The fourth-order valence-corrected chi connectivity index (χ4v) is 2.49. The lowest BCUT2D eigenvalue weighted by molar-refractivity contribution is 0.414. The summed E-state index contributed by atoms with van der Waals surface area (Å²) in [4.78, 5) is 0. The van der Waals surface area contributed by atoms with Crippen LogP contribution in [-0.2, 0) is 6.42 Å². The Kier molecular flexibility index (Phi) is 6.29. The van der Waals surface area contributed by atoms with Crippen molar-refractivity contribution in [1.29, 1.82) is 0 Å². The molecule has 0 saturated carbocycles. The monoisotopic (exact) mass is 283 g/mol. The van der Waals surface area contributed by atoms with Crippen LogP contribution < -0.4 is 10.1 Å². The number of benzene rings is 2. The number of hydrogen-bond donors (Lipinski definition) is 1. The van der Waals surface area contributed by atoms with Crippen LogP contribution in [0, 0.1) is 0 Å². The van der Waals surface area contributed by atoms with E-state index in [9.17, 15) is 0 Å². The van der Waals surface area contributed by atoms with Crippen molar-refractivity contribution in [2.24, 2.45) is 0 Å². The normalized spacial score (nSPS) is 12.1. The zero-order valence-electron chi connectivity index (χ0n) is 13.0. The molecule has 2 aromatic carbocycles. The molecule has 0 aromatic heterocycles. The molecule has 2 aromatic rings. The summed E-state index contributed by atoms with van der Waals surface area (Å²) in [5, 5.41) is 3.65. The predicted molar refractivity (Wildman–Crippen MR) is 88.8 cm³/mol. The van der Waals surface area contributed by atoms with Crippen LogP contribution in [0.3, 0.4) is 0 Å². The minimum absolute atomic E-state index is 0.424. The molecule has 0 fully saturated rings. The minimum atomic E-state index is 0.424. The first kappa shape index (κ1) is 15.6. The van der Waals surface area contributed by atoms with Crippen LogP contribution in [0.1, 0.15) is 36.9 Å². The van der Waals surface area contributed by atoms with Gasteiger partial charge in [0.15, 0.2) is 0 Å². The van der Waals surface area contributed by atoms with Crippen molar-refractivity contribution in [3.05, 3.63) is 65.7 Å². The number of aryl methyl sites for hydroxylation is 1. The van der Waals surface area contributed by atoms with Gasteiger partial charge in [0.1, 0.15) is 5.75 Å². The molecule has 21 heavy (non-hydrogen) atoms. The van der Waals surface area contributed by atoms with E-state index in [1.165, 1.54) is 11.1 Å². The Bertz CT molecular complexity index is 507. The Balaban J connectivity index is 1.97. The molecule has 0 aliphatic carbocycles. The number of nitrogens with one attached hydrogen (secondary N) is 1. The zero-order chi connectivity index (χ0) is 14.9. The molecule has 2 heteroatoms. The third-order valence-electron chi connectivity index (χ3n) is 3.72. The Morgan fingerprint density at radius 2 is 1.71 bits per heavy atom. The van der Waals surface area contributed by atoms with Gasteiger partial charge in [-0.3, -0.25) is 0 Å². The van der Waals surface area contributed by atoms with Crippen molar-refractivity contribution in [1.82, 2.24) is 5.32 Å². The predicted octanol–water partition coefficient (Wildman–Crippen LogP) is 4.37. The topological polar surface area (TPSA) is 21.3 Å². The van der Waals surface area contributed by atoms with Gasteiger partial charge < -0.3 is 10.1 Å². The summed E-state index contributed by atoms with van der Waals surface area (Å²) in [7, 11) is 1.70. The smallest absolute Gasteiger partial charge is 0.118 e. The van der Waals surface area contributed by atoms with E-state index in [0.29, 0.717) is 6.04 Å². The Morgan fingerprint density at radius 1 is 1.00 bits per heavy atom. The largest absolute Gasteiger partial charge is 0.497 e. The van der Waals surface area contributed by atoms with Crippen molar-refractivity contribution in [2.75, 3.05) is 13.7 Å². The average molecular weight is 283 g/mol. The zero-order valence-corrected chi connectivity index (χ0v) is 13.0. The first-order chi connectivity index (χ1) is 10.3. The molecule has 0 aliphatic rings. The third kappa shape index (κ3) is 4.91. The molecule has 0 amide bonds. The minimum Gasteiger partial charge on any atom is -0.497 e. The molecule has 2 nitrogen and oxygen atoms in total. The molecule has 0 bridgehead atoms. The van der Waals surface area contributed by atoms with Gasteiger partial charge in [-0.2, -0.15) is 0 Å². The van der Waals surface area contributed by atoms with Crippen LogP contribution in [0.5, 0.6) is 5.75 Å². The third-order valence-corrected chi connectivity index (χ3v) is 3.72. The van der Waals surface area contributed by atoms with Crippen molar-refractivity contribution in [3.8, 4) is 5.75 Å². The van der Waals surface area contributed by atoms with E-state index in [0.717, 1.165) is 31.6 Å². The highest BCUT2D eigenvalue weighted by Gasteiger charge is 2.10. The first-order valence-electron chi connectivity index (χ1n) is 7.74. The summed E-state index contributed by atoms with van der Waals surface area (Å²) < 4.78 is 5.20. The summed E-state index contributed by atoms with van der Waals surface area (Å²) >= 11 is 0. The van der Waals surface area contributed by atoms with E-state index in [1.54, 1.807) is 7.11 Å². The van der Waals surface area contributed by atoms with Crippen LogP contribution in [0.15, 0.2) is 54.6 Å². The van der Waals surface area contributed by atoms with E-state index in [-0.39, 0.29) is 0 Å². The molecule has 0 radical (unpaired) electrons. The van der Waals surface area contributed by atoms with Gasteiger partial charge in [0.2, 0.25) is 0 Å². The molecule has 1 N–H and O–H groups in total. The molecule has 0 heterocycles. The van der Waals surface area contributed by atoms with Crippen molar-refractivity contribution >= 4 is 0 Å². The Labute approximate surface area is 128 Å². The highest BCUT2D eigenvalue weighted by atomic mass is 16.5. The molecule has 0 aliphatic heterocycles. The summed E-state index contributed by atoms with van der Waals surface area (Å²) in [6.45, 7) is 3.26. The van der Waals surface area contributed by atoms with E-state index in [2.05, 4.69) is 54.7 Å². The molecule has 0 saturated heterocycles. The van der Waals surface area contributed by atoms with E-state index >= 15 is 0 Å². The second kappa shape index (κ2) is 8.48. The molecular formula is C19H25NO. The van der Waals surface area contributed by atoms with Gasteiger partial charge in [0.25, 0.3) is 0 Å². The van der Waals surface area contributed by atoms with Crippen LogP contribution in [0.4, 0.5) is 0 Å². The van der Waals surface area contributed by atoms with Gasteiger partial charge in [0, 0.05) is 6.04 Å². The Morgan fingerprint density at radius 3 is 2.33 bits per heavy atom. The van der Waals surface area contributed by atoms with Crippen LogP contribution in [0.25, 0.3) is 0 Å². The fraction of sp³-hybridized carbons (Fsp3) is 0.368. The Hall–Kier alpha value is -1.80. The fourth-order valence-electron chi connectivity index (χ4n) is 2.49. The van der Waals surface area contributed by atoms with Crippen LogP contribution in [-0.4, -0.2) is 13.7 Å². The second-order valence-corrected chi connectivity index (χ2v) is 5.30. The summed E-state index contributed by atoms with van der Waals surface area (Å²) in [5.41, 5.74) is 2.73. The standard InChI is InChI=1S/C19H25NO/c1-3-15-20-19(17-7-5-4-6-8-17)14-11-16-9-12-18(21-2)13-10-16/h4-10,12-13,19-20H,3,11,14-15H2,1-2H3. The maximum atomic E-state index is 5.20. The van der Waals surface area contributed by atoms with Gasteiger partial charge in [-0.15, -0.1) is 0 Å². The van der Waals surface area contributed by atoms with Gasteiger partial charge in [-0.1, -0.05) is 49.4 Å². The maximum absolute atomic E-state index is 5.20. The average Bonchev–Trinajstić information content (AvgIpc) is 2.56. The molecule has 0 spiro atoms. The lowest BCUT2D eigenvalue weighted by Gasteiger charge is -2.19. The second-order valence-electron chi connectivity index (χ2n) is 5.30. The van der Waals surface area contributed by atoms with Crippen molar-refractivity contribution in [3.63, 3.8) is 0 Å². The van der Waals surface area contributed by atoms with Crippen LogP contribution in [0.2, 0.25) is 0 Å². The highest BCUT2D eigenvalue weighted by Crippen LogP contribution is 2.20. The maximum Gasteiger partial charge on any atom is 0.118 e. The van der Waals surface area contributed by atoms with Gasteiger partial charge in [-0.25, -0.2) is 0 Å². The number of methoxy groups -OCH3 is 1. The van der Waals surface area contributed by atoms with Gasteiger partial charge in [0.05, 0.1) is 7.11 Å². The number of hydrogen-bond acceptors (Lipinski definition) is 2. The molecule has 1 unspecified atom stereocenters. The lowest BCUT2D eigenvalue weighted by atomic mass is 9.99. The van der Waals surface area contributed by atoms with Crippen molar-refractivity contribution < 1.29 is 4.74 Å². The summed E-state index contributed by atoms with van der Waals surface area (Å²) in [5.74, 6) is 0.919. The van der Waals surface area contributed by atoms with E-state index < -0.39 is 0 Å². The van der Waals surface area contributed by atoms with E-state index in [1.807, 2.05) is 12.1 Å². The highest BCUT2D eigenvalue weighted by molar-refractivity contribution is 5.27. The molecule has 2 rings (SSSR count). The number of rotatable bonds is 8.